The molecule has 0 aliphatic carbocycles. The van der Waals surface area contributed by atoms with E-state index in [-0.39, 0.29) is 0 Å². The van der Waals surface area contributed by atoms with Crippen LogP contribution in [0, 0.1) is 0 Å². The first-order valence-corrected chi connectivity index (χ1v) is 4.69. The molecule has 0 fully saturated rings. The molecule has 1 rings (SSSR count). The zero-order valence-electron chi connectivity index (χ0n) is 5.77. The Labute approximate surface area is 64.5 Å². The van der Waals surface area contributed by atoms with E-state index < -0.39 is 7.52 Å². The van der Waals surface area contributed by atoms with Crippen LogP contribution in [-0.2, 0) is 4.57 Å². The van der Waals surface area contributed by atoms with Gasteiger partial charge in [-0.3, -0.25) is 10.4 Å². The van der Waals surface area contributed by atoms with Crippen LogP contribution in [0.2, 0.25) is 0 Å². The lowest BCUT2D eigenvalue weighted by Crippen LogP contribution is -2.24. The summed E-state index contributed by atoms with van der Waals surface area (Å²) in [5.74, 6) is 4.88. The van der Waals surface area contributed by atoms with Gasteiger partial charge >= 0.3 is 7.52 Å². The van der Waals surface area contributed by atoms with E-state index in [1.807, 2.05) is 5.20 Å². The summed E-state index contributed by atoms with van der Waals surface area (Å²) in [6, 6.07) is 8.20. The summed E-state index contributed by atoms with van der Waals surface area (Å²) in [6.45, 7) is 0. The van der Waals surface area contributed by atoms with Crippen LogP contribution in [0.15, 0.2) is 30.3 Å². The molecule has 1 aromatic carbocycles. The van der Waals surface area contributed by atoms with Crippen molar-refractivity contribution in [2.24, 2.45) is 5.84 Å². The quantitative estimate of drug-likeness (QED) is 0.332. The highest BCUT2D eigenvalue weighted by atomic mass is 31.2. The van der Waals surface area contributed by atoms with Crippen molar-refractivity contribution in [1.29, 1.82) is 0 Å². The predicted octanol–water partition coefficient (Wildman–Crippen LogP) is -0.0394. The molecular weight excluding hydrogens is 163 g/mol. The van der Waals surface area contributed by atoms with Crippen LogP contribution < -0.4 is 16.3 Å². The van der Waals surface area contributed by atoms with Crippen molar-refractivity contribution in [2.45, 2.75) is 0 Å². The Kier molecular flexibility index (Phi) is 2.42. The Morgan fingerprint density at radius 3 is 2.36 bits per heavy atom. The van der Waals surface area contributed by atoms with Crippen molar-refractivity contribution in [3.8, 4) is 0 Å². The van der Waals surface area contributed by atoms with Crippen LogP contribution in [0.3, 0.4) is 0 Å². The zero-order valence-corrected chi connectivity index (χ0v) is 6.66. The van der Waals surface area contributed by atoms with E-state index in [0.717, 1.165) is 0 Å². The van der Waals surface area contributed by atoms with Gasteiger partial charge in [-0.05, 0) is 12.1 Å². The zero-order chi connectivity index (χ0) is 8.32. The Morgan fingerprint density at radius 1 is 1.36 bits per heavy atom. The van der Waals surface area contributed by atoms with Gasteiger partial charge in [0.05, 0.1) is 5.30 Å². The Hall–Kier alpha value is -0.670. The normalized spacial score (nSPS) is 15.8. The second kappa shape index (κ2) is 3.15. The third-order valence-corrected chi connectivity index (χ3v) is 2.63. The number of hydrogen-bond donors (Lipinski definition) is 3. The van der Waals surface area contributed by atoms with Crippen LogP contribution in [-0.4, -0.2) is 4.89 Å². The van der Waals surface area contributed by atoms with Gasteiger partial charge in [0.1, 0.15) is 0 Å². The van der Waals surface area contributed by atoms with Gasteiger partial charge in [0, 0.05) is 0 Å². The molecule has 0 saturated carbocycles. The van der Waals surface area contributed by atoms with E-state index in [0.29, 0.717) is 5.30 Å². The van der Waals surface area contributed by atoms with Crippen molar-refractivity contribution < 1.29 is 9.46 Å². The van der Waals surface area contributed by atoms with Crippen molar-refractivity contribution in [3.05, 3.63) is 30.3 Å². The minimum atomic E-state index is -3.50. The van der Waals surface area contributed by atoms with Gasteiger partial charge in [-0.25, -0.2) is 0 Å². The topological polar surface area (TPSA) is 75.3 Å². The lowest BCUT2D eigenvalue weighted by Gasteiger charge is -2.08. The predicted molar refractivity (Wildman–Crippen MR) is 43.2 cm³/mol. The molecule has 0 bridgehead atoms. The summed E-state index contributed by atoms with van der Waals surface area (Å²) < 4.78 is 11.1. The highest BCUT2D eigenvalue weighted by Crippen LogP contribution is 2.31. The molecule has 4 nitrogen and oxygen atoms in total. The lowest BCUT2D eigenvalue weighted by molar-refractivity contribution is 0.477. The van der Waals surface area contributed by atoms with Gasteiger partial charge in [0.15, 0.2) is 0 Å². The van der Waals surface area contributed by atoms with E-state index in [1.165, 1.54) is 0 Å². The second-order valence-corrected chi connectivity index (χ2v) is 3.97. The monoisotopic (exact) mass is 172 g/mol. The van der Waals surface area contributed by atoms with Gasteiger partial charge in [0.2, 0.25) is 0 Å². The summed E-state index contributed by atoms with van der Waals surface area (Å²) in [7, 11) is -3.50. The molecule has 1 atom stereocenters. The fraction of sp³-hybridized carbons (Fsp3) is 0. The smallest absolute Gasteiger partial charge is 0.310 e. The van der Waals surface area contributed by atoms with Crippen LogP contribution in [0.1, 0.15) is 0 Å². The van der Waals surface area contributed by atoms with E-state index in [9.17, 15) is 4.57 Å². The van der Waals surface area contributed by atoms with Crippen molar-refractivity contribution >= 4 is 12.8 Å². The minimum absolute atomic E-state index is 0.308. The molecule has 0 radical (unpaired) electrons. The van der Waals surface area contributed by atoms with E-state index in [2.05, 4.69) is 0 Å². The molecule has 0 heterocycles. The molecule has 0 aromatic heterocycles. The molecular formula is C6H9N2O2P. The number of hydrogen-bond acceptors (Lipinski definition) is 2. The fourth-order valence-corrected chi connectivity index (χ4v) is 1.43. The molecule has 0 saturated heterocycles. The van der Waals surface area contributed by atoms with Crippen LogP contribution >= 0.6 is 7.52 Å². The van der Waals surface area contributed by atoms with Crippen LogP contribution in [0.4, 0.5) is 0 Å². The van der Waals surface area contributed by atoms with Gasteiger partial charge < -0.3 is 4.89 Å². The molecule has 0 amide bonds. The SMILES string of the molecule is NNP(=O)(O)c1ccccc1. The van der Waals surface area contributed by atoms with Crippen molar-refractivity contribution in [1.82, 2.24) is 5.20 Å². The van der Waals surface area contributed by atoms with Gasteiger partial charge in [0.25, 0.3) is 0 Å². The lowest BCUT2D eigenvalue weighted by atomic mass is 10.4. The first-order chi connectivity index (χ1) is 5.17. The van der Waals surface area contributed by atoms with Crippen LogP contribution in [0.25, 0.3) is 0 Å². The molecule has 60 valence electrons. The second-order valence-electron chi connectivity index (χ2n) is 2.04. The summed E-state index contributed by atoms with van der Waals surface area (Å²) in [4.78, 5) is 9.11. The summed E-state index contributed by atoms with van der Waals surface area (Å²) in [5, 5.41) is 2.18. The molecule has 0 aliphatic rings. The Bertz CT molecular complexity index is 275. The Morgan fingerprint density at radius 2 is 1.91 bits per heavy atom. The first-order valence-electron chi connectivity index (χ1n) is 3.03. The first kappa shape index (κ1) is 8.43. The number of nitrogens with one attached hydrogen (secondary N) is 1. The van der Waals surface area contributed by atoms with Crippen molar-refractivity contribution in [3.63, 3.8) is 0 Å². The largest absolute Gasteiger partial charge is 0.329 e. The maximum atomic E-state index is 11.1. The molecule has 4 N–H and O–H groups in total. The molecule has 0 aliphatic heterocycles. The van der Waals surface area contributed by atoms with Gasteiger partial charge in [-0.1, -0.05) is 18.2 Å². The third kappa shape index (κ3) is 1.88. The third-order valence-electron chi connectivity index (χ3n) is 1.28. The number of hydrazine groups is 1. The van der Waals surface area contributed by atoms with Crippen LogP contribution in [0.5, 0.6) is 0 Å². The number of nitrogens with two attached hydrogens (primary N) is 1. The molecule has 1 unspecified atom stereocenters. The minimum Gasteiger partial charge on any atom is -0.329 e. The molecule has 1 aromatic rings. The number of rotatable bonds is 2. The van der Waals surface area contributed by atoms with Gasteiger partial charge in [-0.2, -0.15) is 5.20 Å². The Balaban J connectivity index is 3.03. The molecule has 11 heavy (non-hydrogen) atoms. The van der Waals surface area contributed by atoms with E-state index in [1.54, 1.807) is 30.3 Å². The summed E-state index contributed by atoms with van der Waals surface area (Å²) >= 11 is 0. The average Bonchev–Trinajstić information content (AvgIpc) is 2.06. The summed E-state index contributed by atoms with van der Waals surface area (Å²) in [6.07, 6.45) is 0. The summed E-state index contributed by atoms with van der Waals surface area (Å²) in [5.41, 5.74) is 0. The number of benzene rings is 1. The molecule has 5 heteroatoms. The standard InChI is InChI=1S/C6H9N2O2P/c7-8-11(9,10)6-4-2-1-3-5-6/h1-5H,7H2,(H2,8,9,10). The maximum absolute atomic E-state index is 11.1. The maximum Gasteiger partial charge on any atom is 0.310 e. The fourth-order valence-electron chi connectivity index (χ4n) is 0.705. The van der Waals surface area contributed by atoms with E-state index in [4.69, 9.17) is 10.7 Å². The highest BCUT2D eigenvalue weighted by molar-refractivity contribution is 7.64. The van der Waals surface area contributed by atoms with Gasteiger partial charge in [-0.15, -0.1) is 0 Å². The highest BCUT2D eigenvalue weighted by Gasteiger charge is 2.17. The average molecular weight is 172 g/mol. The van der Waals surface area contributed by atoms with E-state index >= 15 is 0 Å². The van der Waals surface area contributed by atoms with Crippen molar-refractivity contribution in [2.75, 3.05) is 0 Å². The molecule has 0 spiro atoms.